The molecule has 0 amide bonds. The molecule has 0 aliphatic carbocycles. The van der Waals surface area contributed by atoms with Crippen LogP contribution in [0.4, 0.5) is 5.69 Å². The fourth-order valence-corrected chi connectivity index (χ4v) is 2.80. The molecule has 1 heterocycles. The number of anilines is 1. The normalized spacial score (nSPS) is 20.3. The maximum Gasteiger partial charge on any atom is 0.0514 e. The number of nitrogens with zero attached hydrogens (tertiary/aromatic N) is 1. The van der Waals surface area contributed by atoms with Crippen LogP contribution in [-0.2, 0) is 11.3 Å². The summed E-state index contributed by atoms with van der Waals surface area (Å²) in [5, 5.41) is 3.70. The summed E-state index contributed by atoms with van der Waals surface area (Å²) in [4.78, 5) is 2.45. The minimum Gasteiger partial charge on any atom is -0.382 e. The van der Waals surface area contributed by atoms with E-state index < -0.39 is 0 Å². The van der Waals surface area contributed by atoms with Gasteiger partial charge in [-0.1, -0.05) is 32.0 Å². The molecule has 0 bridgehead atoms. The highest BCUT2D eigenvalue weighted by Gasteiger charge is 2.22. The molecule has 2 atom stereocenters. The van der Waals surface area contributed by atoms with Gasteiger partial charge in [0, 0.05) is 30.8 Å². The summed E-state index contributed by atoms with van der Waals surface area (Å²) >= 11 is 0. The van der Waals surface area contributed by atoms with Crippen molar-refractivity contribution in [2.75, 3.05) is 31.6 Å². The molecule has 1 N–H and O–H groups in total. The lowest BCUT2D eigenvalue weighted by molar-refractivity contribution is 0.183. The first kappa shape index (κ1) is 15.3. The summed E-state index contributed by atoms with van der Waals surface area (Å²) in [6, 6.07) is 9.15. The van der Waals surface area contributed by atoms with Gasteiger partial charge in [-0.2, -0.15) is 0 Å². The number of benzene rings is 1. The molecule has 2 rings (SSSR count). The maximum absolute atomic E-state index is 5.50. The van der Waals surface area contributed by atoms with E-state index in [1.54, 1.807) is 0 Å². The van der Waals surface area contributed by atoms with E-state index in [2.05, 4.69) is 55.3 Å². The Morgan fingerprint density at radius 1 is 1.30 bits per heavy atom. The number of rotatable bonds is 7. The van der Waals surface area contributed by atoms with Crippen LogP contribution in [0.25, 0.3) is 0 Å². The van der Waals surface area contributed by atoms with Gasteiger partial charge in [-0.05, 0) is 38.1 Å². The fourth-order valence-electron chi connectivity index (χ4n) is 2.80. The Bertz CT molecular complexity index is 398. The predicted octanol–water partition coefficient (Wildman–Crippen LogP) is 3.37. The Balaban J connectivity index is 2.03. The number of hydrogen-bond donors (Lipinski definition) is 1. The van der Waals surface area contributed by atoms with Crippen molar-refractivity contribution in [1.82, 2.24) is 4.90 Å². The van der Waals surface area contributed by atoms with E-state index in [4.69, 9.17) is 4.74 Å². The number of hydrogen-bond acceptors (Lipinski definition) is 3. The Morgan fingerprint density at radius 2 is 2.05 bits per heavy atom. The van der Waals surface area contributed by atoms with E-state index in [-0.39, 0.29) is 0 Å². The molecule has 0 saturated carbocycles. The van der Waals surface area contributed by atoms with Crippen molar-refractivity contribution in [1.29, 1.82) is 0 Å². The topological polar surface area (TPSA) is 24.5 Å². The highest BCUT2D eigenvalue weighted by molar-refractivity contribution is 5.51. The van der Waals surface area contributed by atoms with Crippen LogP contribution in [0.1, 0.15) is 32.8 Å². The average Bonchev–Trinajstić information content (AvgIpc) is 3.00. The van der Waals surface area contributed by atoms with Crippen molar-refractivity contribution < 1.29 is 4.74 Å². The molecule has 2 unspecified atom stereocenters. The zero-order chi connectivity index (χ0) is 14.4. The van der Waals surface area contributed by atoms with Crippen molar-refractivity contribution >= 4 is 5.69 Å². The van der Waals surface area contributed by atoms with Crippen LogP contribution in [0.5, 0.6) is 0 Å². The quantitative estimate of drug-likeness (QED) is 0.826. The van der Waals surface area contributed by atoms with Crippen molar-refractivity contribution in [3.63, 3.8) is 0 Å². The minimum absolute atomic E-state index is 0.468. The Kier molecular flexibility index (Phi) is 5.86. The molecule has 1 fully saturated rings. The lowest BCUT2D eigenvalue weighted by atomic mass is 10.00. The van der Waals surface area contributed by atoms with Crippen LogP contribution >= 0.6 is 0 Å². The van der Waals surface area contributed by atoms with Gasteiger partial charge in [-0.15, -0.1) is 0 Å². The smallest absolute Gasteiger partial charge is 0.0514 e. The van der Waals surface area contributed by atoms with Crippen LogP contribution in [0.15, 0.2) is 24.3 Å². The van der Waals surface area contributed by atoms with Crippen LogP contribution in [-0.4, -0.2) is 37.2 Å². The molecule has 20 heavy (non-hydrogen) atoms. The highest BCUT2D eigenvalue weighted by atomic mass is 16.5. The van der Waals surface area contributed by atoms with E-state index in [9.17, 15) is 0 Å². The largest absolute Gasteiger partial charge is 0.382 e. The third-order valence-electron chi connectivity index (χ3n) is 4.36. The molecule has 1 aromatic rings. The summed E-state index contributed by atoms with van der Waals surface area (Å²) < 4.78 is 5.50. The second-order valence-electron chi connectivity index (χ2n) is 5.68. The third kappa shape index (κ3) is 3.97. The second kappa shape index (κ2) is 7.65. The lowest BCUT2D eigenvalue weighted by Crippen LogP contribution is -2.28. The molecule has 3 nitrogen and oxygen atoms in total. The highest BCUT2D eigenvalue weighted by Crippen LogP contribution is 2.23. The fraction of sp³-hybridized carbons (Fsp3) is 0.647. The van der Waals surface area contributed by atoms with Gasteiger partial charge in [-0.3, -0.25) is 4.90 Å². The predicted molar refractivity (Wildman–Crippen MR) is 85.1 cm³/mol. The molecule has 0 aromatic heterocycles. The Morgan fingerprint density at radius 3 is 2.70 bits per heavy atom. The molecule has 0 radical (unpaired) electrons. The SMILES string of the molecule is CCN(CC)Cc1ccccc1NC(C)C1CCOC1. The summed E-state index contributed by atoms with van der Waals surface area (Å²) in [5.41, 5.74) is 2.67. The van der Waals surface area contributed by atoms with E-state index in [0.717, 1.165) is 32.8 Å². The van der Waals surface area contributed by atoms with Crippen LogP contribution in [0.3, 0.4) is 0 Å². The third-order valence-corrected chi connectivity index (χ3v) is 4.36. The number of nitrogens with one attached hydrogen (secondary N) is 1. The Hall–Kier alpha value is -1.06. The van der Waals surface area contributed by atoms with Gasteiger partial charge in [0.1, 0.15) is 0 Å². The molecule has 3 heteroatoms. The molecule has 1 aromatic carbocycles. The monoisotopic (exact) mass is 276 g/mol. The molecule has 1 aliphatic heterocycles. The Labute approximate surface area is 123 Å². The van der Waals surface area contributed by atoms with Gasteiger partial charge >= 0.3 is 0 Å². The molecule has 1 saturated heterocycles. The lowest BCUT2D eigenvalue weighted by Gasteiger charge is -2.25. The summed E-state index contributed by atoms with van der Waals surface area (Å²) in [5.74, 6) is 0.636. The van der Waals surface area contributed by atoms with E-state index in [0.29, 0.717) is 12.0 Å². The zero-order valence-electron chi connectivity index (χ0n) is 13.1. The first-order chi connectivity index (χ1) is 9.74. The zero-order valence-corrected chi connectivity index (χ0v) is 13.1. The van der Waals surface area contributed by atoms with Gasteiger partial charge < -0.3 is 10.1 Å². The first-order valence-electron chi connectivity index (χ1n) is 7.89. The molecule has 1 aliphatic rings. The molecule has 0 spiro atoms. The van der Waals surface area contributed by atoms with Crippen molar-refractivity contribution in [3.8, 4) is 0 Å². The maximum atomic E-state index is 5.50. The number of ether oxygens (including phenoxy) is 1. The van der Waals surface area contributed by atoms with Gasteiger partial charge in [0.05, 0.1) is 6.61 Å². The summed E-state index contributed by atoms with van der Waals surface area (Å²) in [6.45, 7) is 11.7. The van der Waals surface area contributed by atoms with Crippen LogP contribution in [0, 0.1) is 5.92 Å². The summed E-state index contributed by atoms with van der Waals surface area (Å²) in [7, 11) is 0. The van der Waals surface area contributed by atoms with Crippen LogP contribution in [0.2, 0.25) is 0 Å². The van der Waals surface area contributed by atoms with Crippen molar-refractivity contribution in [2.24, 2.45) is 5.92 Å². The van der Waals surface area contributed by atoms with E-state index >= 15 is 0 Å². The standard InChI is InChI=1S/C17H28N2O/c1-4-19(5-2)12-15-8-6-7-9-17(15)18-14(3)16-10-11-20-13-16/h6-9,14,16,18H,4-5,10-13H2,1-3H3. The van der Waals surface area contributed by atoms with Crippen LogP contribution < -0.4 is 5.32 Å². The molecule has 112 valence electrons. The molecular formula is C17H28N2O. The minimum atomic E-state index is 0.468. The number of para-hydroxylation sites is 1. The van der Waals surface area contributed by atoms with Crippen molar-refractivity contribution in [3.05, 3.63) is 29.8 Å². The molecular weight excluding hydrogens is 248 g/mol. The second-order valence-corrected chi connectivity index (χ2v) is 5.68. The average molecular weight is 276 g/mol. The van der Waals surface area contributed by atoms with Crippen molar-refractivity contribution in [2.45, 2.75) is 39.8 Å². The van der Waals surface area contributed by atoms with Gasteiger partial charge in [0.25, 0.3) is 0 Å². The van der Waals surface area contributed by atoms with E-state index in [1.165, 1.54) is 17.7 Å². The van der Waals surface area contributed by atoms with Gasteiger partial charge in [0.15, 0.2) is 0 Å². The summed E-state index contributed by atoms with van der Waals surface area (Å²) in [6.07, 6.45) is 1.17. The first-order valence-corrected chi connectivity index (χ1v) is 7.89. The van der Waals surface area contributed by atoms with Gasteiger partial charge in [-0.25, -0.2) is 0 Å². The van der Waals surface area contributed by atoms with E-state index in [1.807, 2.05) is 0 Å². The van der Waals surface area contributed by atoms with Gasteiger partial charge in [0.2, 0.25) is 0 Å².